The molecular formula is C16H23N3O4. The predicted molar refractivity (Wildman–Crippen MR) is 82.2 cm³/mol. The third-order valence-electron chi connectivity index (χ3n) is 4.55. The summed E-state index contributed by atoms with van der Waals surface area (Å²) >= 11 is 0. The second kappa shape index (κ2) is 6.70. The van der Waals surface area contributed by atoms with Gasteiger partial charge in [0.1, 0.15) is 5.76 Å². The van der Waals surface area contributed by atoms with Crippen molar-refractivity contribution >= 4 is 11.8 Å². The first-order chi connectivity index (χ1) is 11.1. The Morgan fingerprint density at radius 3 is 2.61 bits per heavy atom. The Morgan fingerprint density at radius 2 is 2.00 bits per heavy atom. The number of rotatable bonds is 4. The number of aromatic nitrogens is 1. The van der Waals surface area contributed by atoms with E-state index in [1.807, 2.05) is 0 Å². The van der Waals surface area contributed by atoms with Crippen LogP contribution in [-0.4, -0.2) is 66.5 Å². The molecule has 1 aliphatic heterocycles. The van der Waals surface area contributed by atoms with Gasteiger partial charge in [-0.25, -0.2) is 4.98 Å². The van der Waals surface area contributed by atoms with E-state index < -0.39 is 0 Å². The van der Waals surface area contributed by atoms with Gasteiger partial charge in [0.15, 0.2) is 11.6 Å². The molecule has 23 heavy (non-hydrogen) atoms. The first-order valence-electron chi connectivity index (χ1n) is 8.14. The van der Waals surface area contributed by atoms with Crippen LogP contribution in [0.5, 0.6) is 0 Å². The minimum atomic E-state index is -0.265. The zero-order chi connectivity index (χ0) is 16.4. The van der Waals surface area contributed by atoms with Gasteiger partial charge in [-0.05, 0) is 19.8 Å². The summed E-state index contributed by atoms with van der Waals surface area (Å²) < 4.78 is 10.9. The van der Waals surface area contributed by atoms with Gasteiger partial charge in [0.05, 0.1) is 19.8 Å². The van der Waals surface area contributed by atoms with Crippen LogP contribution in [0.3, 0.4) is 0 Å². The van der Waals surface area contributed by atoms with E-state index in [0.717, 1.165) is 12.8 Å². The largest absolute Gasteiger partial charge is 0.445 e. The SMILES string of the molecule is Cc1oc(C2CCC2)nc1C(=O)N(C)CC(=O)N1CCOCC1. The van der Waals surface area contributed by atoms with E-state index in [1.165, 1.54) is 11.3 Å². The Balaban J connectivity index is 1.62. The van der Waals surface area contributed by atoms with Crippen LogP contribution in [0, 0.1) is 6.92 Å². The van der Waals surface area contributed by atoms with Gasteiger partial charge >= 0.3 is 0 Å². The summed E-state index contributed by atoms with van der Waals surface area (Å²) in [4.78, 5) is 32.3. The summed E-state index contributed by atoms with van der Waals surface area (Å²) in [5.41, 5.74) is 0.323. The second-order valence-corrected chi connectivity index (χ2v) is 6.24. The van der Waals surface area contributed by atoms with Gasteiger partial charge in [0, 0.05) is 26.1 Å². The maximum absolute atomic E-state index is 12.5. The summed E-state index contributed by atoms with van der Waals surface area (Å²) in [7, 11) is 1.62. The van der Waals surface area contributed by atoms with Crippen LogP contribution in [0.15, 0.2) is 4.42 Å². The molecule has 2 amide bonds. The molecule has 7 heteroatoms. The van der Waals surface area contributed by atoms with Crippen molar-refractivity contribution in [1.82, 2.24) is 14.8 Å². The van der Waals surface area contributed by atoms with Crippen LogP contribution < -0.4 is 0 Å². The maximum atomic E-state index is 12.5. The third-order valence-corrected chi connectivity index (χ3v) is 4.55. The average Bonchev–Trinajstić information content (AvgIpc) is 2.86. The normalized spacial score (nSPS) is 18.6. The number of likely N-dealkylation sites (N-methyl/N-ethyl adjacent to an activating group) is 1. The van der Waals surface area contributed by atoms with Crippen molar-refractivity contribution in [2.45, 2.75) is 32.1 Å². The minimum absolute atomic E-state index is 0.0455. The lowest BCUT2D eigenvalue weighted by Gasteiger charge is -2.28. The highest BCUT2D eigenvalue weighted by Crippen LogP contribution is 2.36. The molecule has 1 aliphatic carbocycles. The van der Waals surface area contributed by atoms with Gasteiger partial charge in [-0.15, -0.1) is 0 Å². The summed E-state index contributed by atoms with van der Waals surface area (Å²) in [5.74, 6) is 1.20. The van der Waals surface area contributed by atoms with Crippen molar-refractivity contribution < 1.29 is 18.7 Å². The van der Waals surface area contributed by atoms with E-state index in [1.54, 1.807) is 18.9 Å². The molecule has 0 atom stereocenters. The molecule has 0 unspecified atom stereocenters. The zero-order valence-electron chi connectivity index (χ0n) is 13.7. The lowest BCUT2D eigenvalue weighted by Crippen LogP contribution is -2.46. The number of ether oxygens (including phenoxy) is 1. The van der Waals surface area contributed by atoms with Crippen LogP contribution in [0.25, 0.3) is 0 Å². The molecule has 1 aromatic heterocycles. The fourth-order valence-electron chi connectivity index (χ4n) is 2.81. The van der Waals surface area contributed by atoms with Gasteiger partial charge in [-0.1, -0.05) is 6.42 Å². The molecule has 7 nitrogen and oxygen atoms in total. The van der Waals surface area contributed by atoms with Crippen molar-refractivity contribution in [3.8, 4) is 0 Å². The molecule has 1 saturated carbocycles. The van der Waals surface area contributed by atoms with E-state index >= 15 is 0 Å². The molecule has 2 aliphatic rings. The predicted octanol–water partition coefficient (Wildman–Crippen LogP) is 1.18. The highest BCUT2D eigenvalue weighted by Gasteiger charge is 2.29. The fourth-order valence-corrected chi connectivity index (χ4v) is 2.81. The monoisotopic (exact) mass is 321 g/mol. The fraction of sp³-hybridized carbons (Fsp3) is 0.688. The Hall–Kier alpha value is -1.89. The number of hydrogen-bond acceptors (Lipinski definition) is 5. The Labute approximate surface area is 135 Å². The molecular weight excluding hydrogens is 298 g/mol. The molecule has 1 saturated heterocycles. The highest BCUT2D eigenvalue weighted by molar-refractivity contribution is 5.95. The minimum Gasteiger partial charge on any atom is -0.445 e. The van der Waals surface area contributed by atoms with Crippen molar-refractivity contribution in [3.05, 3.63) is 17.3 Å². The average molecular weight is 321 g/mol. The van der Waals surface area contributed by atoms with E-state index in [9.17, 15) is 9.59 Å². The molecule has 2 fully saturated rings. The quantitative estimate of drug-likeness (QED) is 0.832. The van der Waals surface area contributed by atoms with Crippen LogP contribution >= 0.6 is 0 Å². The number of carbonyl (C=O) groups excluding carboxylic acids is 2. The Bertz CT molecular complexity index is 588. The number of aryl methyl sites for hydroxylation is 1. The van der Waals surface area contributed by atoms with Crippen LogP contribution in [0.1, 0.15) is 47.3 Å². The molecule has 126 valence electrons. The lowest BCUT2D eigenvalue weighted by atomic mass is 9.85. The maximum Gasteiger partial charge on any atom is 0.276 e. The number of hydrogen-bond donors (Lipinski definition) is 0. The third kappa shape index (κ3) is 3.39. The molecule has 0 bridgehead atoms. The number of nitrogens with zero attached hydrogens (tertiary/aromatic N) is 3. The van der Waals surface area contributed by atoms with Crippen molar-refractivity contribution in [2.24, 2.45) is 0 Å². The number of oxazole rings is 1. The molecule has 3 rings (SSSR count). The molecule has 0 N–H and O–H groups in total. The molecule has 0 aromatic carbocycles. The second-order valence-electron chi connectivity index (χ2n) is 6.24. The topological polar surface area (TPSA) is 75.9 Å². The summed E-state index contributed by atoms with van der Waals surface area (Å²) in [6, 6.07) is 0. The Kier molecular flexibility index (Phi) is 4.66. The highest BCUT2D eigenvalue weighted by atomic mass is 16.5. The lowest BCUT2D eigenvalue weighted by molar-refractivity contribution is -0.135. The van der Waals surface area contributed by atoms with Gasteiger partial charge in [0.25, 0.3) is 5.91 Å². The van der Waals surface area contributed by atoms with Crippen molar-refractivity contribution in [2.75, 3.05) is 39.9 Å². The van der Waals surface area contributed by atoms with E-state index in [0.29, 0.717) is 49.6 Å². The van der Waals surface area contributed by atoms with Crippen molar-refractivity contribution in [1.29, 1.82) is 0 Å². The van der Waals surface area contributed by atoms with Crippen LogP contribution in [-0.2, 0) is 9.53 Å². The van der Waals surface area contributed by atoms with E-state index in [4.69, 9.17) is 9.15 Å². The number of morpholine rings is 1. The first kappa shape index (κ1) is 16.0. The van der Waals surface area contributed by atoms with Gasteiger partial charge in [-0.2, -0.15) is 0 Å². The van der Waals surface area contributed by atoms with Gasteiger partial charge in [0.2, 0.25) is 5.91 Å². The van der Waals surface area contributed by atoms with Crippen LogP contribution in [0.2, 0.25) is 0 Å². The van der Waals surface area contributed by atoms with Gasteiger partial charge in [-0.3, -0.25) is 9.59 Å². The summed E-state index contributed by atoms with van der Waals surface area (Å²) in [6.07, 6.45) is 3.32. The molecule has 0 spiro atoms. The molecule has 0 radical (unpaired) electrons. The summed E-state index contributed by atoms with van der Waals surface area (Å²) in [6.45, 7) is 4.06. The zero-order valence-corrected chi connectivity index (χ0v) is 13.7. The summed E-state index contributed by atoms with van der Waals surface area (Å²) in [5, 5.41) is 0. The van der Waals surface area contributed by atoms with E-state index in [-0.39, 0.29) is 18.4 Å². The van der Waals surface area contributed by atoms with E-state index in [2.05, 4.69) is 4.98 Å². The molecule has 1 aromatic rings. The standard InChI is InChI=1S/C16H23N3O4/c1-11-14(17-15(23-11)12-4-3-5-12)16(21)18(2)10-13(20)19-6-8-22-9-7-19/h12H,3-10H2,1-2H3. The molecule has 2 heterocycles. The van der Waals surface area contributed by atoms with Crippen molar-refractivity contribution in [3.63, 3.8) is 0 Å². The number of carbonyl (C=O) groups is 2. The van der Waals surface area contributed by atoms with Crippen LogP contribution in [0.4, 0.5) is 0 Å². The number of amides is 2. The smallest absolute Gasteiger partial charge is 0.276 e. The Morgan fingerprint density at radius 1 is 1.30 bits per heavy atom. The van der Waals surface area contributed by atoms with Gasteiger partial charge < -0.3 is 19.0 Å². The first-order valence-corrected chi connectivity index (χ1v) is 8.14.